The minimum absolute atomic E-state index is 0.432. The second-order valence-corrected chi connectivity index (χ2v) is 5.99. The molecule has 3 aromatic rings. The molecule has 0 aliphatic heterocycles. The van der Waals surface area contributed by atoms with Gasteiger partial charge in [0.25, 0.3) is 0 Å². The van der Waals surface area contributed by atoms with Crippen LogP contribution in [0.5, 0.6) is 5.75 Å². The van der Waals surface area contributed by atoms with Crippen molar-refractivity contribution in [1.29, 1.82) is 0 Å². The summed E-state index contributed by atoms with van der Waals surface area (Å²) >= 11 is 6.00. The molecule has 26 heavy (non-hydrogen) atoms. The molecule has 2 N–H and O–H groups in total. The number of ether oxygens (including phenoxy) is 1. The fraction of sp³-hybridized carbons (Fsp3) is 0.211. The molecule has 1 heterocycles. The summed E-state index contributed by atoms with van der Waals surface area (Å²) in [4.78, 5) is 4.42. The molecule has 0 fully saturated rings. The average Bonchev–Trinajstić information content (AvgIpc) is 2.64. The van der Waals surface area contributed by atoms with Crippen LogP contribution in [0.2, 0.25) is 5.02 Å². The first-order valence-electron chi connectivity index (χ1n) is 8.41. The molecule has 3 rings (SSSR count). The van der Waals surface area contributed by atoms with Gasteiger partial charge in [-0.2, -0.15) is 10.1 Å². The van der Waals surface area contributed by atoms with Crippen molar-refractivity contribution >= 4 is 29.1 Å². The largest absolute Gasteiger partial charge is 0.494 e. The molecule has 0 saturated heterocycles. The van der Waals surface area contributed by atoms with E-state index in [1.54, 1.807) is 6.20 Å². The minimum Gasteiger partial charge on any atom is -0.494 e. The van der Waals surface area contributed by atoms with Crippen LogP contribution in [0, 0.1) is 0 Å². The SMILES string of the molecule is CCOc1ccc(Nc2nncc(NCCc3cccc(Cl)c3)n2)cc1. The zero-order chi connectivity index (χ0) is 18.2. The van der Waals surface area contributed by atoms with Crippen molar-refractivity contribution in [2.45, 2.75) is 13.3 Å². The first-order valence-corrected chi connectivity index (χ1v) is 8.78. The summed E-state index contributed by atoms with van der Waals surface area (Å²) in [6.45, 7) is 3.32. The predicted octanol–water partition coefficient (Wildman–Crippen LogP) is 4.32. The van der Waals surface area contributed by atoms with Crippen LogP contribution in [-0.2, 0) is 6.42 Å². The van der Waals surface area contributed by atoms with Crippen LogP contribution in [0.4, 0.5) is 17.5 Å². The number of hydrogen-bond acceptors (Lipinski definition) is 6. The highest BCUT2D eigenvalue weighted by atomic mass is 35.5. The highest BCUT2D eigenvalue weighted by Gasteiger charge is 2.02. The maximum atomic E-state index is 6.00. The van der Waals surface area contributed by atoms with E-state index in [-0.39, 0.29) is 0 Å². The lowest BCUT2D eigenvalue weighted by Gasteiger charge is -2.09. The molecule has 0 aliphatic rings. The summed E-state index contributed by atoms with van der Waals surface area (Å²) in [6.07, 6.45) is 2.44. The van der Waals surface area contributed by atoms with Gasteiger partial charge in [0.05, 0.1) is 12.8 Å². The van der Waals surface area contributed by atoms with E-state index in [0.29, 0.717) is 18.4 Å². The Morgan fingerprint density at radius 1 is 1.12 bits per heavy atom. The zero-order valence-corrected chi connectivity index (χ0v) is 15.2. The quantitative estimate of drug-likeness (QED) is 0.616. The topological polar surface area (TPSA) is 72.0 Å². The lowest BCUT2D eigenvalue weighted by molar-refractivity contribution is 0.340. The number of nitrogens with zero attached hydrogens (tertiary/aromatic N) is 3. The zero-order valence-electron chi connectivity index (χ0n) is 14.4. The molecule has 7 heteroatoms. The van der Waals surface area contributed by atoms with Crippen LogP contribution < -0.4 is 15.4 Å². The van der Waals surface area contributed by atoms with E-state index in [1.807, 2.05) is 55.5 Å². The first-order chi connectivity index (χ1) is 12.7. The van der Waals surface area contributed by atoms with Gasteiger partial charge >= 0.3 is 0 Å². The Balaban J connectivity index is 1.55. The molecule has 0 spiro atoms. The van der Waals surface area contributed by atoms with Crippen LogP contribution in [-0.4, -0.2) is 28.3 Å². The first kappa shape index (κ1) is 17.9. The van der Waals surface area contributed by atoms with Gasteiger partial charge in [0.1, 0.15) is 5.75 Å². The molecule has 0 radical (unpaired) electrons. The molecule has 0 saturated carbocycles. The molecule has 1 aromatic heterocycles. The van der Waals surface area contributed by atoms with E-state index in [4.69, 9.17) is 16.3 Å². The monoisotopic (exact) mass is 369 g/mol. The van der Waals surface area contributed by atoms with Gasteiger partial charge in [-0.1, -0.05) is 23.7 Å². The Hall–Kier alpha value is -2.86. The van der Waals surface area contributed by atoms with E-state index < -0.39 is 0 Å². The summed E-state index contributed by atoms with van der Waals surface area (Å²) in [6, 6.07) is 15.4. The maximum absolute atomic E-state index is 6.00. The van der Waals surface area contributed by atoms with Gasteiger partial charge in [0.15, 0.2) is 5.82 Å². The smallest absolute Gasteiger partial charge is 0.249 e. The molecule has 0 aliphatic carbocycles. The van der Waals surface area contributed by atoms with Gasteiger partial charge in [-0.15, -0.1) is 5.10 Å². The van der Waals surface area contributed by atoms with Gasteiger partial charge in [-0.3, -0.25) is 0 Å². The number of hydrogen-bond donors (Lipinski definition) is 2. The summed E-state index contributed by atoms with van der Waals surface area (Å²) in [5.41, 5.74) is 2.03. The summed E-state index contributed by atoms with van der Waals surface area (Å²) < 4.78 is 5.43. The van der Waals surface area contributed by atoms with Crippen molar-refractivity contribution < 1.29 is 4.74 Å². The summed E-state index contributed by atoms with van der Waals surface area (Å²) in [5.74, 6) is 1.92. The van der Waals surface area contributed by atoms with Crippen LogP contribution in [0.3, 0.4) is 0 Å². The Bertz CT molecular complexity index is 841. The number of anilines is 3. The van der Waals surface area contributed by atoms with Gasteiger partial charge in [0, 0.05) is 17.3 Å². The second kappa shape index (κ2) is 9.01. The molecule has 0 unspecified atom stereocenters. The summed E-state index contributed by atoms with van der Waals surface area (Å²) in [7, 11) is 0. The fourth-order valence-corrected chi connectivity index (χ4v) is 2.61. The number of halogens is 1. The fourth-order valence-electron chi connectivity index (χ4n) is 2.40. The Morgan fingerprint density at radius 3 is 2.73 bits per heavy atom. The van der Waals surface area contributed by atoms with E-state index >= 15 is 0 Å². The highest BCUT2D eigenvalue weighted by molar-refractivity contribution is 6.30. The van der Waals surface area contributed by atoms with Gasteiger partial charge < -0.3 is 15.4 Å². The number of nitrogens with one attached hydrogen (secondary N) is 2. The molecule has 6 nitrogen and oxygen atoms in total. The van der Waals surface area contributed by atoms with E-state index in [1.165, 1.54) is 5.56 Å². The molecule has 134 valence electrons. The van der Waals surface area contributed by atoms with E-state index in [0.717, 1.165) is 29.4 Å². The van der Waals surface area contributed by atoms with Crippen LogP contribution in [0.25, 0.3) is 0 Å². The van der Waals surface area contributed by atoms with Crippen molar-refractivity contribution in [3.8, 4) is 5.75 Å². The third kappa shape index (κ3) is 5.32. The Morgan fingerprint density at radius 2 is 1.96 bits per heavy atom. The lowest BCUT2D eigenvalue weighted by atomic mass is 10.1. The van der Waals surface area contributed by atoms with Gasteiger partial charge in [-0.25, -0.2) is 0 Å². The lowest BCUT2D eigenvalue weighted by Crippen LogP contribution is -2.08. The summed E-state index contributed by atoms with van der Waals surface area (Å²) in [5, 5.41) is 15.1. The van der Waals surface area contributed by atoms with Gasteiger partial charge in [-0.05, 0) is 55.3 Å². The van der Waals surface area contributed by atoms with Crippen LogP contribution in [0.15, 0.2) is 54.7 Å². The third-order valence-corrected chi connectivity index (χ3v) is 3.82. The van der Waals surface area contributed by atoms with Crippen molar-refractivity contribution in [2.24, 2.45) is 0 Å². The van der Waals surface area contributed by atoms with Crippen LogP contribution in [0.1, 0.15) is 12.5 Å². The molecular weight excluding hydrogens is 350 g/mol. The van der Waals surface area contributed by atoms with Crippen LogP contribution >= 0.6 is 11.6 Å². The molecular formula is C19H20ClN5O. The van der Waals surface area contributed by atoms with E-state index in [2.05, 4.69) is 25.8 Å². The number of rotatable bonds is 8. The van der Waals surface area contributed by atoms with Crippen molar-refractivity contribution in [3.63, 3.8) is 0 Å². The van der Waals surface area contributed by atoms with Crippen molar-refractivity contribution in [3.05, 3.63) is 65.3 Å². The predicted molar refractivity (Wildman–Crippen MR) is 104 cm³/mol. The standard InChI is InChI=1S/C19H20ClN5O/c1-2-26-17-8-6-16(7-9-17)23-19-24-18(13-22-25-19)21-11-10-14-4-3-5-15(20)12-14/h3-9,12-13H,2,10-11H2,1H3,(H2,21,23,24,25). The Kier molecular flexibility index (Phi) is 6.22. The normalized spacial score (nSPS) is 10.4. The molecule has 0 bridgehead atoms. The highest BCUT2D eigenvalue weighted by Crippen LogP contribution is 2.18. The third-order valence-electron chi connectivity index (χ3n) is 3.59. The number of benzene rings is 2. The minimum atomic E-state index is 0.432. The van der Waals surface area contributed by atoms with Crippen molar-refractivity contribution in [1.82, 2.24) is 15.2 Å². The van der Waals surface area contributed by atoms with Crippen molar-refractivity contribution in [2.75, 3.05) is 23.8 Å². The molecule has 0 amide bonds. The van der Waals surface area contributed by atoms with Gasteiger partial charge in [0.2, 0.25) is 5.95 Å². The molecule has 2 aromatic carbocycles. The van der Waals surface area contributed by atoms with E-state index in [9.17, 15) is 0 Å². The average molecular weight is 370 g/mol. The number of aromatic nitrogens is 3. The molecule has 0 atom stereocenters. The Labute approximate surface area is 157 Å². The maximum Gasteiger partial charge on any atom is 0.249 e. The second-order valence-electron chi connectivity index (χ2n) is 5.55.